The van der Waals surface area contributed by atoms with Crippen molar-refractivity contribution in [2.75, 3.05) is 0 Å². The zero-order chi connectivity index (χ0) is 15.0. The van der Waals surface area contributed by atoms with Gasteiger partial charge < -0.3 is 5.32 Å². The molecule has 0 amide bonds. The van der Waals surface area contributed by atoms with E-state index in [0.717, 1.165) is 5.01 Å². The van der Waals surface area contributed by atoms with Crippen molar-refractivity contribution >= 4 is 32.8 Å². The Hall–Kier alpha value is -1.23. The van der Waals surface area contributed by atoms with Gasteiger partial charge in [-0.15, -0.1) is 22.7 Å². The molecule has 2 unspecified atom stereocenters. The number of fused-ring (bicyclic) bond motifs is 1. The average Bonchev–Trinajstić information content (AvgIpc) is 3.04. The molecule has 0 bridgehead atoms. The number of rotatable bonds is 4. The Morgan fingerprint density at radius 1 is 1.05 bits per heavy atom. The van der Waals surface area contributed by atoms with Gasteiger partial charge in [-0.1, -0.05) is 18.2 Å². The first-order chi connectivity index (χ1) is 10.1. The van der Waals surface area contributed by atoms with Crippen LogP contribution in [0.3, 0.4) is 0 Å². The minimum atomic E-state index is 0.281. The summed E-state index contributed by atoms with van der Waals surface area (Å²) in [7, 11) is 0. The van der Waals surface area contributed by atoms with E-state index in [1.54, 1.807) is 11.3 Å². The van der Waals surface area contributed by atoms with Gasteiger partial charge in [-0.05, 0) is 44.7 Å². The molecule has 2 aromatic heterocycles. The lowest BCUT2D eigenvalue weighted by atomic mass is 10.1. The lowest BCUT2D eigenvalue weighted by Crippen LogP contribution is -2.22. The first kappa shape index (κ1) is 14.7. The van der Waals surface area contributed by atoms with Crippen molar-refractivity contribution in [3.8, 4) is 0 Å². The third kappa shape index (κ3) is 2.89. The van der Waals surface area contributed by atoms with Crippen LogP contribution in [-0.2, 0) is 0 Å². The van der Waals surface area contributed by atoms with E-state index in [2.05, 4.69) is 62.3 Å². The maximum absolute atomic E-state index is 4.49. The fourth-order valence-electron chi connectivity index (χ4n) is 2.70. The van der Waals surface area contributed by atoms with Gasteiger partial charge in [0, 0.05) is 26.7 Å². The zero-order valence-electron chi connectivity index (χ0n) is 12.8. The molecule has 2 atom stereocenters. The van der Waals surface area contributed by atoms with Crippen molar-refractivity contribution in [1.82, 2.24) is 10.3 Å². The minimum Gasteiger partial charge on any atom is -0.301 e. The second-order valence-electron chi connectivity index (χ2n) is 5.51. The Bertz CT molecular complexity index is 757. The SMILES string of the molecule is Cc1cnc(C(C)NC(C)c2sc3ccccc3c2C)s1. The molecule has 3 aromatic rings. The maximum Gasteiger partial charge on any atom is 0.109 e. The summed E-state index contributed by atoms with van der Waals surface area (Å²) in [5.74, 6) is 0. The summed E-state index contributed by atoms with van der Waals surface area (Å²) in [6, 6.07) is 9.26. The second-order valence-corrected chi connectivity index (χ2v) is 7.86. The molecule has 0 spiro atoms. The Kier molecular flexibility index (Phi) is 4.11. The first-order valence-corrected chi connectivity index (χ1v) is 8.86. The van der Waals surface area contributed by atoms with Crippen molar-refractivity contribution in [3.05, 3.63) is 50.8 Å². The fourth-order valence-corrected chi connectivity index (χ4v) is 4.71. The summed E-state index contributed by atoms with van der Waals surface area (Å²) in [5, 5.41) is 6.23. The molecular weight excluding hydrogens is 296 g/mol. The van der Waals surface area contributed by atoms with E-state index in [1.807, 2.05) is 17.5 Å². The number of thiazole rings is 1. The Balaban J connectivity index is 1.83. The molecule has 0 aliphatic heterocycles. The highest BCUT2D eigenvalue weighted by Gasteiger charge is 2.18. The molecule has 3 rings (SSSR count). The number of hydrogen-bond acceptors (Lipinski definition) is 4. The van der Waals surface area contributed by atoms with E-state index in [4.69, 9.17) is 0 Å². The van der Waals surface area contributed by atoms with Gasteiger partial charge in [-0.25, -0.2) is 4.98 Å². The van der Waals surface area contributed by atoms with Crippen LogP contribution in [0, 0.1) is 13.8 Å². The quantitative estimate of drug-likeness (QED) is 0.698. The molecule has 4 heteroatoms. The van der Waals surface area contributed by atoms with Gasteiger partial charge in [0.05, 0.1) is 6.04 Å². The fraction of sp³-hybridized carbons (Fsp3) is 0.353. The molecule has 0 radical (unpaired) electrons. The summed E-state index contributed by atoms with van der Waals surface area (Å²) < 4.78 is 1.37. The third-order valence-corrected chi connectivity index (χ3v) is 6.33. The zero-order valence-corrected chi connectivity index (χ0v) is 14.4. The lowest BCUT2D eigenvalue weighted by molar-refractivity contribution is 0.497. The molecule has 0 aliphatic carbocycles. The van der Waals surface area contributed by atoms with Crippen molar-refractivity contribution in [2.24, 2.45) is 0 Å². The van der Waals surface area contributed by atoms with Crippen LogP contribution in [0.5, 0.6) is 0 Å². The Morgan fingerprint density at radius 2 is 1.81 bits per heavy atom. The van der Waals surface area contributed by atoms with Crippen LogP contribution in [0.15, 0.2) is 30.5 Å². The van der Waals surface area contributed by atoms with Crippen molar-refractivity contribution in [1.29, 1.82) is 0 Å². The third-order valence-electron chi connectivity index (χ3n) is 3.78. The average molecular weight is 316 g/mol. The summed E-state index contributed by atoms with van der Waals surface area (Å²) in [6.07, 6.45) is 1.95. The Morgan fingerprint density at radius 3 is 2.48 bits per heavy atom. The van der Waals surface area contributed by atoms with Crippen molar-refractivity contribution < 1.29 is 0 Å². The molecule has 110 valence electrons. The highest BCUT2D eigenvalue weighted by atomic mass is 32.1. The molecule has 1 N–H and O–H groups in total. The van der Waals surface area contributed by atoms with Crippen LogP contribution < -0.4 is 5.32 Å². The Labute approximate surface area is 133 Å². The first-order valence-electron chi connectivity index (χ1n) is 7.22. The lowest BCUT2D eigenvalue weighted by Gasteiger charge is -2.18. The van der Waals surface area contributed by atoms with E-state index in [-0.39, 0.29) is 6.04 Å². The van der Waals surface area contributed by atoms with Crippen LogP contribution in [0.1, 0.15) is 46.3 Å². The van der Waals surface area contributed by atoms with Crippen LogP contribution >= 0.6 is 22.7 Å². The number of aromatic nitrogens is 1. The van der Waals surface area contributed by atoms with Gasteiger partial charge in [-0.3, -0.25) is 0 Å². The van der Waals surface area contributed by atoms with E-state index in [0.29, 0.717) is 6.04 Å². The summed E-state index contributed by atoms with van der Waals surface area (Å²) in [4.78, 5) is 7.18. The topological polar surface area (TPSA) is 24.9 Å². The summed E-state index contributed by atoms with van der Waals surface area (Å²) in [6.45, 7) is 8.77. The van der Waals surface area contributed by atoms with Gasteiger partial charge in [0.1, 0.15) is 5.01 Å². The van der Waals surface area contributed by atoms with Gasteiger partial charge in [0.15, 0.2) is 0 Å². The predicted octanol–water partition coefficient (Wildman–Crippen LogP) is 5.39. The van der Waals surface area contributed by atoms with Gasteiger partial charge >= 0.3 is 0 Å². The van der Waals surface area contributed by atoms with Gasteiger partial charge in [0.25, 0.3) is 0 Å². The molecular formula is C17H20N2S2. The van der Waals surface area contributed by atoms with Gasteiger partial charge in [-0.2, -0.15) is 0 Å². The normalized spacial score (nSPS) is 14.5. The number of thiophene rings is 1. The number of hydrogen-bond donors (Lipinski definition) is 1. The van der Waals surface area contributed by atoms with Crippen LogP contribution in [-0.4, -0.2) is 4.98 Å². The van der Waals surface area contributed by atoms with Crippen LogP contribution in [0.4, 0.5) is 0 Å². The van der Waals surface area contributed by atoms with E-state index < -0.39 is 0 Å². The number of benzene rings is 1. The van der Waals surface area contributed by atoms with E-state index >= 15 is 0 Å². The van der Waals surface area contributed by atoms with Crippen molar-refractivity contribution in [3.63, 3.8) is 0 Å². The highest BCUT2D eigenvalue weighted by molar-refractivity contribution is 7.19. The molecule has 0 saturated carbocycles. The van der Waals surface area contributed by atoms with Gasteiger partial charge in [0.2, 0.25) is 0 Å². The standard InChI is InChI=1S/C17H20N2S2/c1-10-9-18-17(20-10)13(4)19-12(3)16-11(2)14-7-5-6-8-15(14)21-16/h5-9,12-13,19H,1-4H3. The number of nitrogens with one attached hydrogen (secondary N) is 1. The summed E-state index contributed by atoms with van der Waals surface area (Å²) in [5.41, 5.74) is 1.40. The molecule has 2 heterocycles. The minimum absolute atomic E-state index is 0.281. The van der Waals surface area contributed by atoms with E-state index in [9.17, 15) is 0 Å². The molecule has 0 aliphatic rings. The molecule has 0 fully saturated rings. The van der Waals surface area contributed by atoms with E-state index in [1.165, 1.54) is 25.4 Å². The predicted molar refractivity (Wildman–Crippen MR) is 93.4 cm³/mol. The largest absolute Gasteiger partial charge is 0.301 e. The molecule has 2 nitrogen and oxygen atoms in total. The highest BCUT2D eigenvalue weighted by Crippen LogP contribution is 2.35. The second kappa shape index (κ2) is 5.87. The number of aryl methyl sites for hydroxylation is 2. The summed E-state index contributed by atoms with van der Waals surface area (Å²) >= 11 is 3.67. The molecule has 0 saturated heterocycles. The van der Waals surface area contributed by atoms with Crippen LogP contribution in [0.2, 0.25) is 0 Å². The maximum atomic E-state index is 4.49. The number of nitrogens with zero attached hydrogens (tertiary/aromatic N) is 1. The smallest absolute Gasteiger partial charge is 0.109 e. The monoisotopic (exact) mass is 316 g/mol. The molecule has 21 heavy (non-hydrogen) atoms. The molecule has 1 aromatic carbocycles. The van der Waals surface area contributed by atoms with Crippen LogP contribution in [0.25, 0.3) is 10.1 Å². The van der Waals surface area contributed by atoms with Crippen molar-refractivity contribution in [2.45, 2.75) is 39.8 Å².